The van der Waals surface area contributed by atoms with Gasteiger partial charge in [-0.1, -0.05) is 13.8 Å². The van der Waals surface area contributed by atoms with Gasteiger partial charge in [-0.2, -0.15) is 13.2 Å². The quantitative estimate of drug-likeness (QED) is 0.745. The standard InChI is InChI=1S/C9H12F3NO3/c1-8(2)4-13(3-5(8)6(14)15)7(16)9(10,11)12/h5H,3-4H2,1-2H3,(H,14,15)/t5-/m0/s1. The maximum atomic E-state index is 12.1. The van der Waals surface area contributed by atoms with Crippen molar-refractivity contribution in [1.29, 1.82) is 0 Å². The van der Waals surface area contributed by atoms with Crippen molar-refractivity contribution < 1.29 is 27.9 Å². The van der Waals surface area contributed by atoms with Gasteiger partial charge in [0.15, 0.2) is 0 Å². The molecular formula is C9H12F3NO3. The molecule has 1 aliphatic heterocycles. The highest BCUT2D eigenvalue weighted by molar-refractivity contribution is 5.83. The Morgan fingerprint density at radius 1 is 1.38 bits per heavy atom. The molecule has 16 heavy (non-hydrogen) atoms. The highest BCUT2D eigenvalue weighted by Crippen LogP contribution is 2.37. The molecule has 1 saturated heterocycles. The summed E-state index contributed by atoms with van der Waals surface area (Å²) in [5, 5.41) is 8.83. The number of alkyl halides is 3. The van der Waals surface area contributed by atoms with Crippen molar-refractivity contribution >= 4 is 11.9 Å². The van der Waals surface area contributed by atoms with E-state index in [-0.39, 0.29) is 13.1 Å². The smallest absolute Gasteiger partial charge is 0.471 e. The zero-order valence-corrected chi connectivity index (χ0v) is 8.84. The number of halogens is 3. The van der Waals surface area contributed by atoms with E-state index in [0.29, 0.717) is 4.90 Å². The van der Waals surface area contributed by atoms with Crippen LogP contribution in [0.3, 0.4) is 0 Å². The van der Waals surface area contributed by atoms with E-state index in [1.807, 2.05) is 0 Å². The third-order valence-electron chi connectivity index (χ3n) is 2.77. The average Bonchev–Trinajstić information content (AvgIpc) is 2.38. The minimum absolute atomic E-state index is 0.192. The minimum atomic E-state index is -4.94. The van der Waals surface area contributed by atoms with Gasteiger partial charge in [-0.3, -0.25) is 9.59 Å². The number of rotatable bonds is 1. The van der Waals surface area contributed by atoms with Gasteiger partial charge in [-0.25, -0.2) is 0 Å². The van der Waals surface area contributed by atoms with Gasteiger partial charge in [0.05, 0.1) is 5.92 Å². The number of carbonyl (C=O) groups is 2. The van der Waals surface area contributed by atoms with Gasteiger partial charge in [0.2, 0.25) is 0 Å². The van der Waals surface area contributed by atoms with Crippen molar-refractivity contribution in [2.75, 3.05) is 13.1 Å². The van der Waals surface area contributed by atoms with E-state index < -0.39 is 29.4 Å². The second kappa shape index (κ2) is 3.64. The normalized spacial score (nSPS) is 24.6. The van der Waals surface area contributed by atoms with Gasteiger partial charge in [-0.05, 0) is 5.41 Å². The highest BCUT2D eigenvalue weighted by Gasteiger charge is 2.51. The van der Waals surface area contributed by atoms with Crippen LogP contribution in [0, 0.1) is 11.3 Å². The first kappa shape index (κ1) is 12.8. The van der Waals surface area contributed by atoms with E-state index in [4.69, 9.17) is 5.11 Å². The summed E-state index contributed by atoms with van der Waals surface area (Å²) < 4.78 is 36.4. The molecule has 0 radical (unpaired) electrons. The molecule has 1 fully saturated rings. The van der Waals surface area contributed by atoms with Crippen LogP contribution in [0.25, 0.3) is 0 Å². The van der Waals surface area contributed by atoms with Crippen molar-refractivity contribution in [2.45, 2.75) is 20.0 Å². The van der Waals surface area contributed by atoms with E-state index in [1.54, 1.807) is 0 Å². The summed E-state index contributed by atoms with van der Waals surface area (Å²) in [5.74, 6) is -4.11. The second-order valence-corrected chi connectivity index (χ2v) is 4.56. The maximum Gasteiger partial charge on any atom is 0.471 e. The third-order valence-corrected chi connectivity index (χ3v) is 2.77. The van der Waals surface area contributed by atoms with Gasteiger partial charge < -0.3 is 10.0 Å². The Labute approximate surface area is 90.0 Å². The Hall–Kier alpha value is -1.27. The Morgan fingerprint density at radius 3 is 2.19 bits per heavy atom. The average molecular weight is 239 g/mol. The predicted molar refractivity (Wildman–Crippen MR) is 47.5 cm³/mol. The lowest BCUT2D eigenvalue weighted by molar-refractivity contribution is -0.184. The van der Waals surface area contributed by atoms with E-state index in [0.717, 1.165) is 0 Å². The van der Waals surface area contributed by atoms with Crippen LogP contribution in [-0.2, 0) is 9.59 Å². The van der Waals surface area contributed by atoms with Gasteiger partial charge in [0, 0.05) is 13.1 Å². The molecule has 1 rings (SSSR count). The molecule has 92 valence electrons. The molecule has 0 spiro atoms. The maximum absolute atomic E-state index is 12.1. The van der Waals surface area contributed by atoms with Crippen LogP contribution in [0.1, 0.15) is 13.8 Å². The summed E-state index contributed by atoms with van der Waals surface area (Å²) in [6.07, 6.45) is -4.94. The van der Waals surface area contributed by atoms with Crippen LogP contribution >= 0.6 is 0 Å². The molecule has 0 saturated carbocycles. The van der Waals surface area contributed by atoms with Gasteiger partial charge in [0.25, 0.3) is 0 Å². The first-order valence-electron chi connectivity index (χ1n) is 4.64. The largest absolute Gasteiger partial charge is 0.481 e. The monoisotopic (exact) mass is 239 g/mol. The van der Waals surface area contributed by atoms with Gasteiger partial charge in [-0.15, -0.1) is 0 Å². The molecule has 1 N–H and O–H groups in total. The Balaban J connectivity index is 2.85. The molecule has 7 heteroatoms. The molecule has 1 heterocycles. The van der Waals surface area contributed by atoms with Crippen molar-refractivity contribution in [2.24, 2.45) is 11.3 Å². The molecule has 4 nitrogen and oxygen atoms in total. The summed E-state index contributed by atoms with van der Waals surface area (Å²) in [6.45, 7) is 2.49. The molecule has 0 unspecified atom stereocenters. The SMILES string of the molecule is CC1(C)CN(C(=O)C(F)(F)F)C[C@H]1C(=O)O. The molecular weight excluding hydrogens is 227 g/mol. The van der Waals surface area contributed by atoms with E-state index in [1.165, 1.54) is 13.8 Å². The van der Waals surface area contributed by atoms with E-state index in [2.05, 4.69) is 0 Å². The summed E-state index contributed by atoms with van der Waals surface area (Å²) in [6, 6.07) is 0. The summed E-state index contributed by atoms with van der Waals surface area (Å²) in [5.41, 5.74) is -0.841. The Morgan fingerprint density at radius 2 is 1.88 bits per heavy atom. The topological polar surface area (TPSA) is 57.6 Å². The molecule has 0 aliphatic carbocycles. The van der Waals surface area contributed by atoms with Crippen molar-refractivity contribution in [3.05, 3.63) is 0 Å². The van der Waals surface area contributed by atoms with E-state index in [9.17, 15) is 22.8 Å². The number of amides is 1. The van der Waals surface area contributed by atoms with Crippen LogP contribution in [0.4, 0.5) is 13.2 Å². The van der Waals surface area contributed by atoms with Crippen LogP contribution < -0.4 is 0 Å². The first-order chi connectivity index (χ1) is 7.05. The molecule has 0 aromatic carbocycles. The summed E-state index contributed by atoms with van der Waals surface area (Å²) in [7, 11) is 0. The first-order valence-corrected chi connectivity index (χ1v) is 4.64. The predicted octanol–water partition coefficient (Wildman–Crippen LogP) is 1.12. The fourth-order valence-electron chi connectivity index (χ4n) is 1.88. The van der Waals surface area contributed by atoms with Crippen molar-refractivity contribution in [3.63, 3.8) is 0 Å². The fourth-order valence-corrected chi connectivity index (χ4v) is 1.88. The number of nitrogens with zero attached hydrogens (tertiary/aromatic N) is 1. The van der Waals surface area contributed by atoms with Crippen LogP contribution in [-0.4, -0.2) is 41.1 Å². The van der Waals surface area contributed by atoms with E-state index >= 15 is 0 Å². The highest BCUT2D eigenvalue weighted by atomic mass is 19.4. The number of aliphatic carboxylic acids is 1. The number of carbonyl (C=O) groups excluding carboxylic acids is 1. The van der Waals surface area contributed by atoms with Crippen LogP contribution in [0.5, 0.6) is 0 Å². The summed E-state index contributed by atoms with van der Waals surface area (Å²) >= 11 is 0. The van der Waals surface area contributed by atoms with Crippen molar-refractivity contribution in [1.82, 2.24) is 4.90 Å². The number of hydrogen-bond donors (Lipinski definition) is 1. The lowest BCUT2D eigenvalue weighted by Gasteiger charge is -2.22. The van der Waals surface area contributed by atoms with Crippen LogP contribution in [0.2, 0.25) is 0 Å². The number of likely N-dealkylation sites (tertiary alicyclic amines) is 1. The Kier molecular flexibility index (Phi) is 2.91. The lowest BCUT2D eigenvalue weighted by Crippen LogP contribution is -2.40. The van der Waals surface area contributed by atoms with Crippen LogP contribution in [0.15, 0.2) is 0 Å². The summed E-state index contributed by atoms with van der Waals surface area (Å²) in [4.78, 5) is 22.3. The number of carboxylic acid groups (broad SMARTS) is 1. The van der Waals surface area contributed by atoms with Gasteiger partial charge >= 0.3 is 18.1 Å². The molecule has 1 aliphatic rings. The lowest BCUT2D eigenvalue weighted by atomic mass is 9.82. The molecule has 0 bridgehead atoms. The zero-order valence-electron chi connectivity index (χ0n) is 8.84. The number of hydrogen-bond acceptors (Lipinski definition) is 2. The molecule has 1 atom stereocenters. The fraction of sp³-hybridized carbons (Fsp3) is 0.778. The second-order valence-electron chi connectivity index (χ2n) is 4.56. The Bertz CT molecular complexity index is 324. The number of carboxylic acids is 1. The van der Waals surface area contributed by atoms with Crippen molar-refractivity contribution in [3.8, 4) is 0 Å². The third kappa shape index (κ3) is 2.28. The molecule has 0 aromatic heterocycles. The zero-order chi connectivity index (χ0) is 12.7. The van der Waals surface area contributed by atoms with Gasteiger partial charge in [0.1, 0.15) is 0 Å². The minimum Gasteiger partial charge on any atom is -0.481 e. The molecule has 1 amide bonds. The molecule has 0 aromatic rings.